The van der Waals surface area contributed by atoms with Gasteiger partial charge in [-0.1, -0.05) is 61.7 Å². The Labute approximate surface area is 167 Å². The molecule has 0 aromatic rings. The zero-order valence-corrected chi connectivity index (χ0v) is 18.7. The molecular formula is C20H18Cl2SiZr+2. The van der Waals surface area contributed by atoms with Gasteiger partial charge in [0.1, 0.15) is 0 Å². The van der Waals surface area contributed by atoms with Crippen LogP contribution in [0.1, 0.15) is 0 Å². The Morgan fingerprint density at radius 1 is 0.708 bits per heavy atom. The Kier molecular flexibility index (Phi) is 6.91. The fourth-order valence-electron chi connectivity index (χ4n) is 3.63. The van der Waals surface area contributed by atoms with E-state index in [1.165, 1.54) is 29.2 Å². The van der Waals surface area contributed by atoms with Gasteiger partial charge in [0.2, 0.25) is 0 Å². The van der Waals surface area contributed by atoms with E-state index < -0.39 is 28.9 Å². The molecule has 2 saturated carbocycles. The second kappa shape index (κ2) is 8.55. The molecule has 0 amide bonds. The van der Waals surface area contributed by atoms with E-state index in [1.807, 2.05) is 0 Å². The monoisotopic (exact) mass is 446 g/mol. The molecule has 4 aliphatic rings. The molecule has 4 aliphatic carbocycles. The van der Waals surface area contributed by atoms with E-state index >= 15 is 0 Å². The molecule has 0 N–H and O–H groups in total. The van der Waals surface area contributed by atoms with E-state index in [2.05, 4.69) is 87.4 Å². The molecule has 0 bridgehead atoms. The van der Waals surface area contributed by atoms with Crippen LogP contribution in [0.4, 0.5) is 0 Å². The molecule has 0 atom stereocenters. The molecule has 10 radical (unpaired) electrons. The topological polar surface area (TPSA) is 0 Å². The third kappa shape index (κ3) is 3.68. The minimum atomic E-state index is -1.68. The van der Waals surface area contributed by atoms with Crippen LogP contribution in [0, 0.1) is 60.4 Å². The van der Waals surface area contributed by atoms with Crippen LogP contribution in [0.3, 0.4) is 0 Å². The molecule has 0 heterocycles. The molecule has 24 heavy (non-hydrogen) atoms. The molecule has 0 spiro atoms. The van der Waals surface area contributed by atoms with Crippen LogP contribution in [0.2, 0.25) is 13.1 Å². The van der Waals surface area contributed by atoms with Gasteiger partial charge in [-0.05, 0) is 36.8 Å². The summed E-state index contributed by atoms with van der Waals surface area (Å²) >= 11 is -0.826. The third-order valence-corrected chi connectivity index (χ3v) is 8.26. The SMILES string of the molecule is C[Si](C)([C]1[CH][CH][CH][CH]1)[C]1[C]2C=CC=C[C]2[C]2C=CC=C[C]21.[Cl][Zr+2][Cl]. The Bertz CT molecular complexity index is 512. The molecule has 4 heteroatoms. The summed E-state index contributed by atoms with van der Waals surface area (Å²) in [7, 11) is 8.19. The van der Waals surface area contributed by atoms with Crippen molar-refractivity contribution in [1.82, 2.24) is 0 Å². The normalized spacial score (nSPS) is 25.5. The maximum atomic E-state index is 4.93. The van der Waals surface area contributed by atoms with Crippen molar-refractivity contribution >= 4 is 25.1 Å². The van der Waals surface area contributed by atoms with Gasteiger partial charge in [-0.15, -0.1) is 0 Å². The zero-order valence-electron chi connectivity index (χ0n) is 13.7. The van der Waals surface area contributed by atoms with Crippen molar-refractivity contribution in [3.63, 3.8) is 0 Å². The van der Waals surface area contributed by atoms with Crippen LogP contribution < -0.4 is 0 Å². The molecule has 4 rings (SSSR count). The van der Waals surface area contributed by atoms with Crippen molar-refractivity contribution in [1.29, 1.82) is 0 Å². The minimum absolute atomic E-state index is 0.826. The van der Waals surface area contributed by atoms with Gasteiger partial charge in [0.05, 0.1) is 8.07 Å². The van der Waals surface area contributed by atoms with Gasteiger partial charge in [-0.25, -0.2) is 0 Å². The number of rotatable bonds is 2. The van der Waals surface area contributed by atoms with Crippen molar-refractivity contribution in [3.8, 4) is 0 Å². The first-order valence-corrected chi connectivity index (χ1v) is 17.2. The van der Waals surface area contributed by atoms with Gasteiger partial charge in [-0.3, -0.25) is 0 Å². The van der Waals surface area contributed by atoms with E-state index in [0.29, 0.717) is 0 Å². The van der Waals surface area contributed by atoms with Crippen LogP contribution in [-0.2, 0) is 20.8 Å². The van der Waals surface area contributed by atoms with Crippen LogP contribution in [-0.4, -0.2) is 8.07 Å². The Hall–Kier alpha value is 0.640. The van der Waals surface area contributed by atoms with Crippen LogP contribution in [0.5, 0.6) is 0 Å². The number of hydrogen-bond acceptors (Lipinski definition) is 0. The quantitative estimate of drug-likeness (QED) is 0.476. The van der Waals surface area contributed by atoms with Gasteiger partial charge in [0, 0.05) is 23.7 Å². The first-order valence-electron chi connectivity index (χ1n) is 7.86. The standard InChI is InChI=1S/C20H18Si.2ClH.Zr/c1-21(2,15-9-3-4-10-15)20-18-13-7-5-11-16(18)17-12-6-8-14-19(17)20;;;/h3-14H,1-2H3;2*1H;/q;;;+4/p-2. The van der Waals surface area contributed by atoms with Crippen LogP contribution in [0.15, 0.2) is 48.6 Å². The Morgan fingerprint density at radius 2 is 1.08 bits per heavy atom. The maximum absolute atomic E-state index is 4.93. The van der Waals surface area contributed by atoms with Gasteiger partial charge < -0.3 is 0 Å². The van der Waals surface area contributed by atoms with Crippen molar-refractivity contribution in [3.05, 3.63) is 109 Å². The van der Waals surface area contributed by atoms with Crippen molar-refractivity contribution < 1.29 is 20.8 Å². The first-order chi connectivity index (χ1) is 11.6. The predicted molar refractivity (Wildman–Crippen MR) is 102 cm³/mol. The van der Waals surface area contributed by atoms with Gasteiger partial charge in [0.15, 0.2) is 0 Å². The number of fused-ring (bicyclic) bond motifs is 3. The molecule has 2 fully saturated rings. The summed E-state index contributed by atoms with van der Waals surface area (Å²) in [5.74, 6) is 5.68. The Morgan fingerprint density at radius 3 is 1.50 bits per heavy atom. The second-order valence-electron chi connectivity index (χ2n) is 6.34. The Balaban J connectivity index is 0.000000526. The van der Waals surface area contributed by atoms with E-state index in [-0.39, 0.29) is 0 Å². The number of allylic oxidation sites excluding steroid dienone is 8. The van der Waals surface area contributed by atoms with E-state index in [0.717, 1.165) is 0 Å². The van der Waals surface area contributed by atoms with Crippen LogP contribution in [0.25, 0.3) is 0 Å². The molecule has 0 saturated heterocycles. The summed E-state index contributed by atoms with van der Waals surface area (Å²) in [6.07, 6.45) is 26.7. The third-order valence-electron chi connectivity index (χ3n) is 4.69. The first kappa shape index (κ1) is 19.4. The number of halogens is 2. The second-order valence-corrected chi connectivity index (χ2v) is 14.4. The summed E-state index contributed by atoms with van der Waals surface area (Å²) in [4.78, 5) is 0. The molecule has 0 aliphatic heterocycles. The molecular weight excluding hydrogens is 430 g/mol. The van der Waals surface area contributed by atoms with Crippen LogP contribution >= 0.6 is 17.0 Å². The van der Waals surface area contributed by atoms with Crippen molar-refractivity contribution in [2.75, 3.05) is 0 Å². The summed E-state index contributed by atoms with van der Waals surface area (Å²) in [6, 6.07) is 0. The van der Waals surface area contributed by atoms with E-state index in [9.17, 15) is 0 Å². The molecule has 0 aromatic carbocycles. The van der Waals surface area contributed by atoms with E-state index in [1.54, 1.807) is 5.54 Å². The predicted octanol–water partition coefficient (Wildman–Crippen LogP) is 5.69. The molecule has 118 valence electrons. The molecule has 0 aromatic heterocycles. The average molecular weight is 449 g/mol. The molecule has 0 nitrogen and oxygen atoms in total. The summed E-state index contributed by atoms with van der Waals surface area (Å²) in [6.45, 7) is 4.94. The van der Waals surface area contributed by atoms with Gasteiger partial charge >= 0.3 is 37.9 Å². The van der Waals surface area contributed by atoms with Crippen molar-refractivity contribution in [2.24, 2.45) is 0 Å². The summed E-state index contributed by atoms with van der Waals surface area (Å²) in [5.41, 5.74) is 3.10. The zero-order chi connectivity index (χ0) is 17.2. The van der Waals surface area contributed by atoms with Gasteiger partial charge in [-0.2, -0.15) is 0 Å². The van der Waals surface area contributed by atoms with Crippen molar-refractivity contribution in [2.45, 2.75) is 13.1 Å². The fourth-order valence-corrected chi connectivity index (χ4v) is 6.72. The summed E-state index contributed by atoms with van der Waals surface area (Å²) in [5, 5.41) is 0. The fraction of sp³-hybridized carbons (Fsp3) is 0.100. The average Bonchev–Trinajstić information content (AvgIpc) is 3.22. The van der Waals surface area contributed by atoms with E-state index in [4.69, 9.17) is 17.0 Å². The summed E-state index contributed by atoms with van der Waals surface area (Å²) < 4.78 is 0. The molecule has 0 unspecified atom stereocenters. The number of hydrogen-bond donors (Lipinski definition) is 0. The van der Waals surface area contributed by atoms with Gasteiger partial charge in [0.25, 0.3) is 0 Å².